The molecule has 0 spiro atoms. The Morgan fingerprint density at radius 1 is 1.46 bits per heavy atom. The summed E-state index contributed by atoms with van der Waals surface area (Å²) in [6.45, 7) is 0.314. The maximum absolute atomic E-state index is 9.45. The molecule has 1 heterocycles. The monoisotopic (exact) mass is 178 g/mol. The molecule has 13 heavy (non-hydrogen) atoms. The average Bonchev–Trinajstić information content (AvgIpc) is 2.49. The van der Waals surface area contributed by atoms with E-state index in [1.54, 1.807) is 12.1 Å². The first-order chi connectivity index (χ1) is 6.31. The zero-order valence-corrected chi connectivity index (χ0v) is 6.95. The second-order valence-corrected chi connectivity index (χ2v) is 2.85. The lowest BCUT2D eigenvalue weighted by Crippen LogP contribution is -1.98. The summed E-state index contributed by atoms with van der Waals surface area (Å²) in [7, 11) is 0. The summed E-state index contributed by atoms with van der Waals surface area (Å²) in [5.74, 6) is 5.17. The molecule has 1 aromatic carbocycles. The van der Waals surface area contributed by atoms with Crippen molar-refractivity contribution in [2.45, 2.75) is 6.61 Å². The summed E-state index contributed by atoms with van der Waals surface area (Å²) in [5.41, 5.74) is 1.56. The Morgan fingerprint density at radius 3 is 3.00 bits per heavy atom. The Balaban J connectivity index is 2.55. The Bertz CT molecular complexity index is 422. The van der Waals surface area contributed by atoms with Crippen LogP contribution < -0.4 is 5.90 Å². The number of hydrogen-bond acceptors (Lipinski definition) is 3. The number of phenols is 1. The Kier molecular flexibility index (Phi) is 1.92. The largest absolute Gasteiger partial charge is 0.506 e. The molecule has 0 saturated carbocycles. The quantitative estimate of drug-likeness (QED) is 0.606. The van der Waals surface area contributed by atoms with Crippen LogP contribution in [0.25, 0.3) is 10.9 Å². The molecule has 4 nitrogen and oxygen atoms in total. The molecule has 4 N–H and O–H groups in total. The van der Waals surface area contributed by atoms with Gasteiger partial charge in [0.25, 0.3) is 0 Å². The number of phenolic OH excluding ortho intramolecular Hbond substituents is 1. The number of benzene rings is 1. The molecule has 0 aliphatic heterocycles. The number of para-hydroxylation sites is 1. The van der Waals surface area contributed by atoms with Crippen LogP contribution in [0.15, 0.2) is 24.3 Å². The van der Waals surface area contributed by atoms with E-state index in [2.05, 4.69) is 9.82 Å². The van der Waals surface area contributed by atoms with Gasteiger partial charge in [0.05, 0.1) is 5.52 Å². The topological polar surface area (TPSA) is 71.3 Å². The summed E-state index contributed by atoms with van der Waals surface area (Å²) in [6.07, 6.45) is 0. The molecule has 0 radical (unpaired) electrons. The molecule has 0 aliphatic carbocycles. The number of aromatic amines is 1. The Labute approximate surface area is 74.9 Å². The van der Waals surface area contributed by atoms with Gasteiger partial charge in [0.2, 0.25) is 0 Å². The normalized spacial score (nSPS) is 10.8. The van der Waals surface area contributed by atoms with Crippen LogP contribution in [-0.4, -0.2) is 10.1 Å². The smallest absolute Gasteiger partial charge is 0.139 e. The highest BCUT2D eigenvalue weighted by atomic mass is 16.6. The van der Waals surface area contributed by atoms with Crippen LogP contribution >= 0.6 is 0 Å². The summed E-state index contributed by atoms with van der Waals surface area (Å²) < 4.78 is 0. The van der Waals surface area contributed by atoms with E-state index in [0.29, 0.717) is 6.61 Å². The van der Waals surface area contributed by atoms with Crippen LogP contribution in [-0.2, 0) is 11.4 Å². The van der Waals surface area contributed by atoms with Gasteiger partial charge in [-0.05, 0) is 12.1 Å². The first-order valence-corrected chi connectivity index (χ1v) is 3.92. The van der Waals surface area contributed by atoms with E-state index < -0.39 is 0 Å². The highest BCUT2D eigenvalue weighted by Gasteiger charge is 2.03. The highest BCUT2D eigenvalue weighted by Crippen LogP contribution is 2.24. The van der Waals surface area contributed by atoms with Crippen LogP contribution in [0.5, 0.6) is 5.75 Å². The fourth-order valence-electron chi connectivity index (χ4n) is 1.37. The van der Waals surface area contributed by atoms with Gasteiger partial charge in [0.15, 0.2) is 0 Å². The number of hydrogen-bond donors (Lipinski definition) is 3. The lowest BCUT2D eigenvalue weighted by Gasteiger charge is -1.93. The predicted molar refractivity (Wildman–Crippen MR) is 48.9 cm³/mol. The molecule has 4 heteroatoms. The molecular weight excluding hydrogens is 168 g/mol. The molecule has 0 bridgehead atoms. The fourth-order valence-corrected chi connectivity index (χ4v) is 1.37. The van der Waals surface area contributed by atoms with E-state index in [1.165, 1.54) is 0 Å². The number of H-pyrrole nitrogens is 1. The van der Waals surface area contributed by atoms with Crippen molar-refractivity contribution in [1.82, 2.24) is 4.98 Å². The standard InChI is InChI=1S/C9H10N2O2/c10-13-5-7-4-6-2-1-3-8(12)9(6)11-7/h1-4,11-12H,5,10H2. The van der Waals surface area contributed by atoms with Gasteiger partial charge in [0.1, 0.15) is 12.4 Å². The predicted octanol–water partition coefficient (Wildman–Crippen LogP) is 1.26. The second kappa shape index (κ2) is 3.08. The van der Waals surface area contributed by atoms with Gasteiger partial charge in [-0.1, -0.05) is 12.1 Å². The molecule has 68 valence electrons. The molecule has 2 aromatic rings. The summed E-state index contributed by atoms with van der Waals surface area (Å²) in [5, 5.41) is 10.4. The van der Waals surface area contributed by atoms with E-state index in [4.69, 9.17) is 5.90 Å². The summed E-state index contributed by atoms with van der Waals surface area (Å²) in [6, 6.07) is 7.22. The van der Waals surface area contributed by atoms with Crippen molar-refractivity contribution in [2.75, 3.05) is 0 Å². The molecular formula is C9H10N2O2. The van der Waals surface area contributed by atoms with Crippen molar-refractivity contribution < 1.29 is 9.94 Å². The minimum atomic E-state index is 0.237. The third-order valence-corrected chi connectivity index (χ3v) is 1.93. The first kappa shape index (κ1) is 8.10. The minimum Gasteiger partial charge on any atom is -0.506 e. The zero-order chi connectivity index (χ0) is 9.26. The first-order valence-electron chi connectivity index (χ1n) is 3.92. The van der Waals surface area contributed by atoms with E-state index in [-0.39, 0.29) is 5.75 Å². The summed E-state index contributed by atoms with van der Waals surface area (Å²) >= 11 is 0. The molecule has 0 atom stereocenters. The van der Waals surface area contributed by atoms with Crippen molar-refractivity contribution >= 4 is 10.9 Å². The van der Waals surface area contributed by atoms with Crippen LogP contribution in [0.2, 0.25) is 0 Å². The average molecular weight is 178 g/mol. The Hall–Kier alpha value is -1.52. The van der Waals surface area contributed by atoms with E-state index in [9.17, 15) is 5.11 Å². The van der Waals surface area contributed by atoms with Crippen molar-refractivity contribution in [3.8, 4) is 5.75 Å². The minimum absolute atomic E-state index is 0.237. The second-order valence-electron chi connectivity index (χ2n) is 2.85. The van der Waals surface area contributed by atoms with Gasteiger partial charge in [0, 0.05) is 11.1 Å². The molecule has 0 amide bonds. The van der Waals surface area contributed by atoms with Crippen LogP contribution in [0.1, 0.15) is 5.69 Å². The maximum Gasteiger partial charge on any atom is 0.139 e. The third-order valence-electron chi connectivity index (χ3n) is 1.93. The molecule has 0 unspecified atom stereocenters. The van der Waals surface area contributed by atoms with Crippen LogP contribution in [0, 0.1) is 0 Å². The lowest BCUT2D eigenvalue weighted by atomic mass is 10.2. The lowest BCUT2D eigenvalue weighted by molar-refractivity contribution is 0.122. The fraction of sp³-hybridized carbons (Fsp3) is 0.111. The molecule has 0 fully saturated rings. The molecule has 2 rings (SSSR count). The number of nitrogens with one attached hydrogen (secondary N) is 1. The number of rotatable bonds is 2. The summed E-state index contributed by atoms with van der Waals surface area (Å²) in [4.78, 5) is 7.49. The van der Waals surface area contributed by atoms with Crippen LogP contribution in [0.3, 0.4) is 0 Å². The van der Waals surface area contributed by atoms with Gasteiger partial charge < -0.3 is 10.1 Å². The Morgan fingerprint density at radius 2 is 2.31 bits per heavy atom. The van der Waals surface area contributed by atoms with Crippen molar-refractivity contribution in [3.05, 3.63) is 30.0 Å². The maximum atomic E-state index is 9.45. The molecule has 0 aliphatic rings. The van der Waals surface area contributed by atoms with E-state index >= 15 is 0 Å². The van der Waals surface area contributed by atoms with Gasteiger partial charge in [-0.2, -0.15) is 0 Å². The van der Waals surface area contributed by atoms with E-state index in [0.717, 1.165) is 16.6 Å². The van der Waals surface area contributed by atoms with Crippen molar-refractivity contribution in [3.63, 3.8) is 0 Å². The SMILES string of the molecule is NOCc1cc2cccc(O)c2[nH]1. The number of aromatic nitrogens is 1. The van der Waals surface area contributed by atoms with Crippen molar-refractivity contribution in [2.24, 2.45) is 5.90 Å². The van der Waals surface area contributed by atoms with Gasteiger partial charge in [-0.15, -0.1) is 0 Å². The third kappa shape index (κ3) is 1.37. The number of nitrogens with two attached hydrogens (primary N) is 1. The number of aromatic hydroxyl groups is 1. The zero-order valence-electron chi connectivity index (χ0n) is 6.95. The highest BCUT2D eigenvalue weighted by molar-refractivity contribution is 5.85. The molecule has 1 aromatic heterocycles. The van der Waals surface area contributed by atoms with E-state index in [1.807, 2.05) is 12.1 Å². The van der Waals surface area contributed by atoms with Gasteiger partial charge >= 0.3 is 0 Å². The molecule has 0 saturated heterocycles. The van der Waals surface area contributed by atoms with Gasteiger partial charge in [-0.3, -0.25) is 4.84 Å². The van der Waals surface area contributed by atoms with Crippen molar-refractivity contribution in [1.29, 1.82) is 0 Å². The number of fused-ring (bicyclic) bond motifs is 1. The van der Waals surface area contributed by atoms with Crippen LogP contribution in [0.4, 0.5) is 0 Å². The van der Waals surface area contributed by atoms with Gasteiger partial charge in [-0.25, -0.2) is 5.90 Å².